The number of hydrogen-bond acceptors (Lipinski definition) is 5. The first-order chi connectivity index (χ1) is 8.26. The molecule has 1 saturated heterocycles. The van der Waals surface area contributed by atoms with Crippen LogP contribution in [0.15, 0.2) is 11.5 Å². The molecule has 0 bridgehead atoms. The highest BCUT2D eigenvalue weighted by Gasteiger charge is 2.29. The van der Waals surface area contributed by atoms with Crippen molar-refractivity contribution in [2.45, 2.75) is 18.5 Å². The summed E-state index contributed by atoms with van der Waals surface area (Å²) in [6.45, 7) is 0. The molecule has 2 atom stereocenters. The molecule has 2 aliphatic rings. The molecule has 2 N–H and O–H groups in total. The number of rotatable bonds is 2. The minimum absolute atomic E-state index is 0.0161. The van der Waals surface area contributed by atoms with Crippen LogP contribution < -0.4 is 10.6 Å². The van der Waals surface area contributed by atoms with Crippen LogP contribution in [0.1, 0.15) is 6.42 Å². The Morgan fingerprint density at radius 3 is 2.39 bits per heavy atom. The second kappa shape index (κ2) is 4.78. The van der Waals surface area contributed by atoms with Gasteiger partial charge in [0.15, 0.2) is 24.8 Å². The fraction of sp³-hybridized carbons (Fsp3) is 0.667. The molecule has 0 spiro atoms. The van der Waals surface area contributed by atoms with Gasteiger partial charge in [-0.3, -0.25) is 0 Å². The molecule has 0 aromatic rings. The molecule has 6 nitrogen and oxygen atoms in total. The zero-order chi connectivity index (χ0) is 13.4. The molecule has 0 saturated carbocycles. The summed E-state index contributed by atoms with van der Waals surface area (Å²) in [6.07, 6.45) is 2.07. The van der Waals surface area contributed by atoms with E-state index in [0.29, 0.717) is 11.5 Å². The fourth-order valence-electron chi connectivity index (χ4n) is 1.97. The third kappa shape index (κ3) is 3.66. The van der Waals surface area contributed by atoms with Gasteiger partial charge in [-0.25, -0.2) is 16.8 Å². The zero-order valence-corrected chi connectivity index (χ0v) is 11.9. The first kappa shape index (κ1) is 13.8. The number of sulfone groups is 2. The van der Waals surface area contributed by atoms with Crippen molar-refractivity contribution in [1.82, 2.24) is 10.6 Å². The van der Waals surface area contributed by atoms with Crippen LogP contribution in [0.25, 0.3) is 0 Å². The van der Waals surface area contributed by atoms with Gasteiger partial charge < -0.3 is 10.6 Å². The highest BCUT2D eigenvalue weighted by atomic mass is 32.2. The predicted molar refractivity (Wildman–Crippen MR) is 72.6 cm³/mol. The van der Waals surface area contributed by atoms with Crippen molar-refractivity contribution in [3.63, 3.8) is 0 Å². The van der Waals surface area contributed by atoms with E-state index in [2.05, 4.69) is 10.6 Å². The van der Waals surface area contributed by atoms with Gasteiger partial charge >= 0.3 is 0 Å². The minimum Gasteiger partial charge on any atom is -0.359 e. The van der Waals surface area contributed by atoms with Gasteiger partial charge in [-0.2, -0.15) is 0 Å². The first-order valence-corrected chi connectivity index (χ1v) is 9.39. The van der Waals surface area contributed by atoms with Gasteiger partial charge in [0.25, 0.3) is 0 Å². The van der Waals surface area contributed by atoms with Crippen LogP contribution in [0.5, 0.6) is 0 Å². The minimum atomic E-state index is -3.11. The molecule has 0 radical (unpaired) electrons. The molecule has 9 heteroatoms. The van der Waals surface area contributed by atoms with E-state index in [9.17, 15) is 16.8 Å². The van der Waals surface area contributed by atoms with Crippen LogP contribution >= 0.6 is 12.2 Å². The Labute approximate surface area is 112 Å². The van der Waals surface area contributed by atoms with E-state index in [1.807, 2.05) is 0 Å². The van der Waals surface area contributed by atoms with Gasteiger partial charge in [-0.1, -0.05) is 0 Å². The molecule has 102 valence electrons. The Bertz CT molecular complexity index is 579. The molecule has 0 aromatic carbocycles. The lowest BCUT2D eigenvalue weighted by atomic mass is 10.3. The van der Waals surface area contributed by atoms with E-state index in [4.69, 9.17) is 12.2 Å². The van der Waals surface area contributed by atoms with E-state index in [0.717, 1.165) is 5.41 Å². The van der Waals surface area contributed by atoms with Crippen LogP contribution in [0.4, 0.5) is 0 Å². The topological polar surface area (TPSA) is 92.3 Å². The van der Waals surface area contributed by atoms with Crippen LogP contribution in [0.3, 0.4) is 0 Å². The van der Waals surface area contributed by atoms with Crippen molar-refractivity contribution < 1.29 is 16.8 Å². The maximum atomic E-state index is 11.3. The fourth-order valence-corrected chi connectivity index (χ4v) is 5.20. The summed E-state index contributed by atoms with van der Waals surface area (Å²) in [7, 11) is -6.06. The van der Waals surface area contributed by atoms with E-state index >= 15 is 0 Å². The van der Waals surface area contributed by atoms with Crippen molar-refractivity contribution in [1.29, 1.82) is 0 Å². The van der Waals surface area contributed by atoms with Crippen LogP contribution in [-0.2, 0) is 19.7 Å². The second-order valence-electron chi connectivity index (χ2n) is 4.48. The summed E-state index contributed by atoms with van der Waals surface area (Å²) in [6, 6.07) is -0.523. The van der Waals surface area contributed by atoms with Gasteiger partial charge in [0.1, 0.15) is 0 Å². The molecule has 0 aromatic heterocycles. The third-order valence-electron chi connectivity index (χ3n) is 2.81. The Balaban J connectivity index is 1.82. The first-order valence-electron chi connectivity index (χ1n) is 5.44. The molecule has 2 heterocycles. The van der Waals surface area contributed by atoms with E-state index in [1.165, 1.54) is 6.08 Å². The van der Waals surface area contributed by atoms with E-state index in [-0.39, 0.29) is 29.3 Å². The highest BCUT2D eigenvalue weighted by Crippen LogP contribution is 2.11. The second-order valence-corrected chi connectivity index (χ2v) is 9.05. The maximum absolute atomic E-state index is 11.3. The largest absolute Gasteiger partial charge is 0.359 e. The molecule has 2 aliphatic heterocycles. The normalized spacial score (nSPS) is 32.2. The SMILES string of the molecule is O=S1(=O)C=CC(NC(=S)NC2CCS(=O)(=O)C2)C1. The molecule has 1 fully saturated rings. The molecule has 18 heavy (non-hydrogen) atoms. The standard InChI is InChI=1S/C9H14N2O4S3/c12-17(13)3-1-7(5-17)10-9(16)11-8-2-4-18(14,15)6-8/h1,3,7-8H,2,4-6H2,(H2,10,11,16). The highest BCUT2D eigenvalue weighted by molar-refractivity contribution is 7.94. The maximum Gasteiger partial charge on any atom is 0.173 e. The zero-order valence-electron chi connectivity index (χ0n) is 9.50. The number of nitrogens with one attached hydrogen (secondary N) is 2. The van der Waals surface area contributed by atoms with Gasteiger partial charge in [-0.15, -0.1) is 0 Å². The Morgan fingerprint density at radius 1 is 1.17 bits per heavy atom. The molecule has 2 rings (SSSR count). The van der Waals surface area contributed by atoms with E-state index in [1.54, 1.807) is 0 Å². The summed E-state index contributed by atoms with van der Waals surface area (Å²) < 4.78 is 44.9. The van der Waals surface area contributed by atoms with Crippen molar-refractivity contribution >= 4 is 37.0 Å². The molecule has 0 aliphatic carbocycles. The molecular formula is C9H14N2O4S3. The summed E-state index contributed by atoms with van der Waals surface area (Å²) in [5.41, 5.74) is 0. The number of hydrogen-bond donors (Lipinski definition) is 2. The lowest BCUT2D eigenvalue weighted by Gasteiger charge is -2.17. The predicted octanol–water partition coefficient (Wildman–Crippen LogP) is -1.05. The summed E-state index contributed by atoms with van der Waals surface area (Å²) in [5.74, 6) is 0.233. The van der Waals surface area contributed by atoms with E-state index < -0.39 is 19.7 Å². The Hall–Kier alpha value is -0.670. The third-order valence-corrected chi connectivity index (χ3v) is 6.21. The smallest absolute Gasteiger partial charge is 0.173 e. The van der Waals surface area contributed by atoms with Gasteiger partial charge in [0, 0.05) is 11.4 Å². The molecule has 2 unspecified atom stereocenters. The van der Waals surface area contributed by atoms with Crippen LogP contribution in [0, 0.1) is 0 Å². The Kier molecular flexibility index (Phi) is 3.65. The summed E-state index contributed by atoms with van der Waals surface area (Å²) >= 11 is 5.03. The Morgan fingerprint density at radius 2 is 1.89 bits per heavy atom. The van der Waals surface area contributed by atoms with Crippen LogP contribution in [-0.4, -0.2) is 51.3 Å². The lowest BCUT2D eigenvalue weighted by molar-refractivity contribution is 0.600. The monoisotopic (exact) mass is 310 g/mol. The van der Waals surface area contributed by atoms with Gasteiger partial charge in [0.05, 0.1) is 23.3 Å². The average molecular weight is 310 g/mol. The molecular weight excluding hydrogens is 296 g/mol. The summed E-state index contributed by atoms with van der Waals surface area (Å²) in [4.78, 5) is 0. The quantitative estimate of drug-likeness (QED) is 0.629. The van der Waals surface area contributed by atoms with Crippen molar-refractivity contribution in [2.75, 3.05) is 17.3 Å². The molecule has 0 amide bonds. The number of thiocarbonyl (C=S) groups is 1. The van der Waals surface area contributed by atoms with Crippen molar-refractivity contribution in [2.24, 2.45) is 0 Å². The van der Waals surface area contributed by atoms with Crippen LogP contribution in [0.2, 0.25) is 0 Å². The van der Waals surface area contributed by atoms with Crippen molar-refractivity contribution in [3.8, 4) is 0 Å². The average Bonchev–Trinajstić information content (AvgIpc) is 2.69. The lowest BCUT2D eigenvalue weighted by Crippen LogP contribution is -2.46. The van der Waals surface area contributed by atoms with Gasteiger partial charge in [-0.05, 0) is 24.7 Å². The van der Waals surface area contributed by atoms with Crippen molar-refractivity contribution in [3.05, 3.63) is 11.5 Å². The van der Waals surface area contributed by atoms with Gasteiger partial charge in [0.2, 0.25) is 0 Å². The summed E-state index contributed by atoms with van der Waals surface area (Å²) in [5, 5.41) is 7.20.